The van der Waals surface area contributed by atoms with Gasteiger partial charge in [0.15, 0.2) is 0 Å². The van der Waals surface area contributed by atoms with Crippen molar-refractivity contribution >= 4 is 11.5 Å². The van der Waals surface area contributed by atoms with E-state index in [0.29, 0.717) is 37.9 Å². The summed E-state index contributed by atoms with van der Waals surface area (Å²) in [4.78, 5) is 4.23. The van der Waals surface area contributed by atoms with Crippen LogP contribution in [0.5, 0.6) is 0 Å². The molecule has 1 aliphatic heterocycles. The Morgan fingerprint density at radius 2 is 2.44 bits per heavy atom. The lowest BCUT2D eigenvalue weighted by atomic mass is 10.3. The van der Waals surface area contributed by atoms with Gasteiger partial charge in [-0.3, -0.25) is 0 Å². The number of ether oxygens (including phenoxy) is 2. The van der Waals surface area contributed by atoms with Gasteiger partial charge in [-0.25, -0.2) is 4.98 Å². The average molecular weight is 223 g/mol. The topological polar surface area (TPSA) is 69.4 Å². The van der Waals surface area contributed by atoms with Gasteiger partial charge in [-0.2, -0.15) is 0 Å². The first-order valence-electron chi connectivity index (χ1n) is 5.41. The van der Waals surface area contributed by atoms with Crippen LogP contribution in [-0.2, 0) is 9.47 Å². The largest absolute Gasteiger partial charge is 0.396 e. The molecule has 1 atom stereocenters. The first kappa shape index (κ1) is 11.2. The number of hydrogen-bond donors (Lipinski definition) is 2. The lowest BCUT2D eigenvalue weighted by molar-refractivity contribution is -0.0819. The highest BCUT2D eigenvalue weighted by atomic mass is 16.6. The van der Waals surface area contributed by atoms with Gasteiger partial charge in [0, 0.05) is 12.7 Å². The zero-order valence-corrected chi connectivity index (χ0v) is 9.40. The highest BCUT2D eigenvalue weighted by Gasteiger charge is 2.14. The molecule has 88 valence electrons. The molecule has 16 heavy (non-hydrogen) atoms. The predicted octanol–water partition coefficient (Wildman–Crippen LogP) is 0.800. The third kappa shape index (κ3) is 2.84. The number of nitrogen functional groups attached to an aromatic ring is 1. The van der Waals surface area contributed by atoms with E-state index < -0.39 is 0 Å². The third-order valence-corrected chi connectivity index (χ3v) is 2.44. The van der Waals surface area contributed by atoms with Crippen molar-refractivity contribution in [3.8, 4) is 0 Å². The van der Waals surface area contributed by atoms with E-state index in [1.54, 1.807) is 6.20 Å². The van der Waals surface area contributed by atoms with E-state index in [1.165, 1.54) is 0 Å². The smallest absolute Gasteiger partial charge is 0.149 e. The second kappa shape index (κ2) is 5.14. The molecule has 1 unspecified atom stereocenters. The van der Waals surface area contributed by atoms with Gasteiger partial charge in [-0.15, -0.1) is 0 Å². The maximum atomic E-state index is 5.84. The van der Waals surface area contributed by atoms with Gasteiger partial charge < -0.3 is 20.5 Å². The van der Waals surface area contributed by atoms with Crippen LogP contribution in [0.3, 0.4) is 0 Å². The number of pyridine rings is 1. The zero-order chi connectivity index (χ0) is 11.4. The Labute approximate surface area is 95.0 Å². The van der Waals surface area contributed by atoms with E-state index in [9.17, 15) is 0 Å². The third-order valence-electron chi connectivity index (χ3n) is 2.44. The summed E-state index contributed by atoms with van der Waals surface area (Å²) >= 11 is 0. The van der Waals surface area contributed by atoms with Gasteiger partial charge in [0.05, 0.1) is 31.6 Å². The van der Waals surface area contributed by atoms with Crippen LogP contribution in [0.2, 0.25) is 0 Å². The fraction of sp³-hybridized carbons (Fsp3) is 0.545. The highest BCUT2D eigenvalue weighted by molar-refractivity contribution is 5.61. The van der Waals surface area contributed by atoms with Gasteiger partial charge in [-0.05, 0) is 18.6 Å². The van der Waals surface area contributed by atoms with Crippen molar-refractivity contribution < 1.29 is 9.47 Å². The normalized spacial score (nSPS) is 20.7. The Bertz CT molecular complexity index is 351. The minimum absolute atomic E-state index is 0.0799. The average Bonchev–Trinajstić information content (AvgIpc) is 2.29. The van der Waals surface area contributed by atoms with Crippen LogP contribution in [0.25, 0.3) is 0 Å². The first-order valence-corrected chi connectivity index (χ1v) is 5.41. The number of nitrogens with one attached hydrogen (secondary N) is 1. The van der Waals surface area contributed by atoms with Crippen molar-refractivity contribution in [2.24, 2.45) is 0 Å². The molecule has 0 aromatic carbocycles. The molecule has 1 aromatic heterocycles. The lowest BCUT2D eigenvalue weighted by Gasteiger charge is -2.23. The number of anilines is 2. The maximum Gasteiger partial charge on any atom is 0.149 e. The Morgan fingerprint density at radius 1 is 1.56 bits per heavy atom. The van der Waals surface area contributed by atoms with Gasteiger partial charge in [-0.1, -0.05) is 0 Å². The molecule has 5 nitrogen and oxygen atoms in total. The van der Waals surface area contributed by atoms with Crippen molar-refractivity contribution in [1.82, 2.24) is 4.98 Å². The Balaban J connectivity index is 1.88. The number of rotatable bonds is 3. The monoisotopic (exact) mass is 223 g/mol. The molecule has 0 radical (unpaired) electrons. The fourth-order valence-corrected chi connectivity index (χ4v) is 1.60. The second-order valence-corrected chi connectivity index (χ2v) is 3.90. The molecule has 1 fully saturated rings. The molecule has 0 amide bonds. The van der Waals surface area contributed by atoms with Crippen molar-refractivity contribution in [2.45, 2.75) is 13.0 Å². The fourth-order valence-electron chi connectivity index (χ4n) is 1.60. The standard InChI is InChI=1S/C11H17N3O2/c1-8-4-10(12)11(13-5-8)14-6-9-7-15-2-3-16-9/h4-5,9H,2-3,6-7,12H2,1H3,(H,13,14). The van der Waals surface area contributed by atoms with Crippen LogP contribution in [0.15, 0.2) is 12.3 Å². The number of nitrogens with zero attached hydrogens (tertiary/aromatic N) is 1. The SMILES string of the molecule is Cc1cnc(NCC2COCCO2)c(N)c1. The molecule has 0 saturated carbocycles. The van der Waals surface area contributed by atoms with E-state index in [0.717, 1.165) is 5.56 Å². The van der Waals surface area contributed by atoms with Crippen LogP contribution >= 0.6 is 0 Å². The predicted molar refractivity (Wildman–Crippen MR) is 62.4 cm³/mol. The molecule has 0 aliphatic carbocycles. The summed E-state index contributed by atoms with van der Waals surface area (Å²) in [5.41, 5.74) is 7.56. The molecule has 1 aromatic rings. The number of aromatic nitrogens is 1. The van der Waals surface area contributed by atoms with E-state index in [4.69, 9.17) is 15.2 Å². The summed E-state index contributed by atoms with van der Waals surface area (Å²) < 4.78 is 10.8. The summed E-state index contributed by atoms with van der Waals surface area (Å²) in [6.45, 7) is 4.59. The molecule has 0 spiro atoms. The Morgan fingerprint density at radius 3 is 3.12 bits per heavy atom. The summed E-state index contributed by atoms with van der Waals surface area (Å²) in [6, 6.07) is 1.90. The van der Waals surface area contributed by atoms with E-state index >= 15 is 0 Å². The molecule has 3 N–H and O–H groups in total. The van der Waals surface area contributed by atoms with Crippen LogP contribution < -0.4 is 11.1 Å². The summed E-state index contributed by atoms with van der Waals surface area (Å²) in [6.07, 6.45) is 1.87. The molecular weight excluding hydrogens is 206 g/mol. The van der Waals surface area contributed by atoms with E-state index in [-0.39, 0.29) is 6.10 Å². The summed E-state index contributed by atoms with van der Waals surface area (Å²) in [7, 11) is 0. The van der Waals surface area contributed by atoms with Gasteiger partial charge in [0.25, 0.3) is 0 Å². The van der Waals surface area contributed by atoms with Crippen LogP contribution in [0.4, 0.5) is 11.5 Å². The second-order valence-electron chi connectivity index (χ2n) is 3.90. The van der Waals surface area contributed by atoms with Crippen LogP contribution in [-0.4, -0.2) is 37.5 Å². The van der Waals surface area contributed by atoms with Crippen LogP contribution in [0.1, 0.15) is 5.56 Å². The molecule has 1 saturated heterocycles. The Hall–Kier alpha value is -1.33. The Kier molecular flexibility index (Phi) is 3.58. The summed E-state index contributed by atoms with van der Waals surface area (Å²) in [5.74, 6) is 0.708. The number of nitrogens with two attached hydrogens (primary N) is 1. The molecule has 2 rings (SSSR count). The van der Waals surface area contributed by atoms with Crippen molar-refractivity contribution in [3.05, 3.63) is 17.8 Å². The van der Waals surface area contributed by atoms with Gasteiger partial charge in [0.1, 0.15) is 5.82 Å². The van der Waals surface area contributed by atoms with Crippen molar-refractivity contribution in [2.75, 3.05) is 37.4 Å². The minimum atomic E-state index is 0.0799. The number of hydrogen-bond acceptors (Lipinski definition) is 5. The van der Waals surface area contributed by atoms with Gasteiger partial charge >= 0.3 is 0 Å². The first-order chi connectivity index (χ1) is 7.75. The molecule has 5 heteroatoms. The molecule has 1 aliphatic rings. The number of aryl methyl sites for hydroxylation is 1. The molecule has 0 bridgehead atoms. The minimum Gasteiger partial charge on any atom is -0.396 e. The molecular formula is C11H17N3O2. The summed E-state index contributed by atoms with van der Waals surface area (Å²) in [5, 5.41) is 3.17. The van der Waals surface area contributed by atoms with Gasteiger partial charge in [0.2, 0.25) is 0 Å². The lowest BCUT2D eigenvalue weighted by Crippen LogP contribution is -2.34. The van der Waals surface area contributed by atoms with E-state index in [2.05, 4.69) is 10.3 Å². The quantitative estimate of drug-likeness (QED) is 0.793. The molecule has 2 heterocycles. The van der Waals surface area contributed by atoms with E-state index in [1.807, 2.05) is 13.0 Å². The van der Waals surface area contributed by atoms with Crippen LogP contribution in [0, 0.1) is 6.92 Å². The van der Waals surface area contributed by atoms with Crippen molar-refractivity contribution in [3.63, 3.8) is 0 Å². The maximum absolute atomic E-state index is 5.84. The van der Waals surface area contributed by atoms with Crippen molar-refractivity contribution in [1.29, 1.82) is 0 Å². The highest BCUT2D eigenvalue weighted by Crippen LogP contribution is 2.16. The zero-order valence-electron chi connectivity index (χ0n) is 9.40.